The topological polar surface area (TPSA) is 101 Å². The number of carbonyl (C=O) groups excluding carboxylic acids is 1. The van der Waals surface area contributed by atoms with E-state index >= 15 is 0 Å². The van der Waals surface area contributed by atoms with Crippen molar-refractivity contribution in [3.8, 4) is 0 Å². The molecule has 0 aliphatic carbocycles. The molecule has 0 aliphatic rings. The second-order valence-corrected chi connectivity index (χ2v) is 8.63. The van der Waals surface area contributed by atoms with Crippen LogP contribution in [0.5, 0.6) is 0 Å². The highest BCUT2D eigenvalue weighted by atomic mass is 32.2. The molecule has 0 fully saturated rings. The van der Waals surface area contributed by atoms with E-state index in [1.807, 2.05) is 31.2 Å². The first-order valence-corrected chi connectivity index (χ1v) is 10.6. The van der Waals surface area contributed by atoms with E-state index < -0.39 is 10.0 Å². The largest absolute Gasteiger partial charge is 0.322 e. The highest BCUT2D eigenvalue weighted by molar-refractivity contribution is 7.92. The maximum Gasteiger partial charge on any atom is 0.264 e. The van der Waals surface area contributed by atoms with Crippen LogP contribution >= 0.6 is 0 Å². The lowest BCUT2D eigenvalue weighted by Gasteiger charge is -2.09. The van der Waals surface area contributed by atoms with Crippen LogP contribution in [-0.2, 0) is 10.0 Å². The fraction of sp³-hybridized carbons (Fsp3) is 0.190. The van der Waals surface area contributed by atoms with Crippen LogP contribution in [0.2, 0.25) is 0 Å². The summed E-state index contributed by atoms with van der Waals surface area (Å²) in [6.07, 6.45) is 2.55. The molecule has 0 bridgehead atoms. The monoisotopic (exact) mass is 410 g/mol. The molecule has 8 heteroatoms. The summed E-state index contributed by atoms with van der Waals surface area (Å²) < 4.78 is 27.1. The van der Waals surface area contributed by atoms with Gasteiger partial charge in [0.25, 0.3) is 15.9 Å². The van der Waals surface area contributed by atoms with Crippen molar-refractivity contribution in [2.24, 2.45) is 0 Å². The van der Waals surface area contributed by atoms with E-state index in [-0.39, 0.29) is 22.3 Å². The van der Waals surface area contributed by atoms with E-state index in [2.05, 4.69) is 33.9 Å². The van der Waals surface area contributed by atoms with E-state index in [9.17, 15) is 13.2 Å². The van der Waals surface area contributed by atoms with Crippen LogP contribution in [0.1, 0.15) is 41.3 Å². The number of hydrogen-bond donors (Lipinski definition) is 2. The van der Waals surface area contributed by atoms with E-state index in [4.69, 9.17) is 0 Å². The second-order valence-electron chi connectivity index (χ2n) is 6.94. The van der Waals surface area contributed by atoms with Gasteiger partial charge in [0.05, 0.1) is 10.5 Å². The van der Waals surface area contributed by atoms with Crippen molar-refractivity contribution in [2.75, 3.05) is 10.0 Å². The number of anilines is 2. The first-order valence-electron chi connectivity index (χ1n) is 9.07. The number of amides is 1. The Morgan fingerprint density at radius 1 is 0.931 bits per heavy atom. The molecular formula is C21H22N4O3S. The van der Waals surface area contributed by atoms with E-state index in [1.54, 1.807) is 12.1 Å². The van der Waals surface area contributed by atoms with E-state index in [0.29, 0.717) is 11.6 Å². The molecule has 2 N–H and O–H groups in total. The van der Waals surface area contributed by atoms with Crippen LogP contribution in [-0.4, -0.2) is 24.3 Å². The van der Waals surface area contributed by atoms with Crippen molar-refractivity contribution < 1.29 is 13.2 Å². The summed E-state index contributed by atoms with van der Waals surface area (Å²) in [5.41, 5.74) is 3.01. The third-order valence-corrected chi connectivity index (χ3v) is 5.65. The molecule has 2 aromatic carbocycles. The quantitative estimate of drug-likeness (QED) is 0.640. The van der Waals surface area contributed by atoms with Crippen molar-refractivity contribution in [1.82, 2.24) is 9.97 Å². The predicted octanol–water partition coefficient (Wildman–Crippen LogP) is 3.96. The number of sulfonamides is 1. The van der Waals surface area contributed by atoms with Gasteiger partial charge in [-0.25, -0.2) is 23.1 Å². The standard InChI is InChI=1S/C21H22N4O3S/c1-14(2)16-6-8-18(9-7-16)24-20(26)17-12-22-21(23-13-17)25-29(27,28)19-10-4-15(3)5-11-19/h4-14H,1-3H3,(H,24,26)(H,22,23,25). The predicted molar refractivity (Wildman–Crippen MR) is 113 cm³/mol. The molecule has 0 spiro atoms. The summed E-state index contributed by atoms with van der Waals surface area (Å²) in [5.74, 6) is -0.0805. The molecule has 0 atom stereocenters. The molecule has 0 unspecified atom stereocenters. The molecule has 7 nitrogen and oxygen atoms in total. The number of nitrogens with zero attached hydrogens (tertiary/aromatic N) is 2. The van der Waals surface area contributed by atoms with Gasteiger partial charge in [0.1, 0.15) is 0 Å². The van der Waals surface area contributed by atoms with E-state index in [0.717, 1.165) is 5.56 Å². The van der Waals surface area contributed by atoms with Gasteiger partial charge in [0.2, 0.25) is 5.95 Å². The minimum Gasteiger partial charge on any atom is -0.322 e. The van der Waals surface area contributed by atoms with Crippen LogP contribution in [0, 0.1) is 6.92 Å². The summed E-state index contributed by atoms with van der Waals surface area (Å²) in [6, 6.07) is 14.0. The molecule has 0 radical (unpaired) electrons. The Bertz CT molecular complexity index is 1090. The van der Waals surface area contributed by atoms with Crippen molar-refractivity contribution in [2.45, 2.75) is 31.6 Å². The fourth-order valence-corrected chi connectivity index (χ4v) is 3.51. The fourth-order valence-electron chi connectivity index (χ4n) is 2.55. The summed E-state index contributed by atoms with van der Waals surface area (Å²) >= 11 is 0. The number of aromatic nitrogens is 2. The molecule has 1 heterocycles. The van der Waals surface area contributed by atoms with Crippen molar-refractivity contribution in [3.63, 3.8) is 0 Å². The van der Waals surface area contributed by atoms with Crippen molar-refractivity contribution in [3.05, 3.63) is 77.6 Å². The highest BCUT2D eigenvalue weighted by Crippen LogP contribution is 2.18. The van der Waals surface area contributed by atoms with Gasteiger partial charge in [0.15, 0.2) is 0 Å². The third-order valence-electron chi connectivity index (χ3n) is 4.31. The smallest absolute Gasteiger partial charge is 0.264 e. The normalized spacial score (nSPS) is 11.3. The zero-order valence-corrected chi connectivity index (χ0v) is 17.2. The van der Waals surface area contributed by atoms with Crippen LogP contribution in [0.4, 0.5) is 11.6 Å². The van der Waals surface area contributed by atoms with Gasteiger partial charge in [-0.2, -0.15) is 0 Å². The maximum atomic E-state index is 12.4. The first kappa shape index (κ1) is 20.5. The molecule has 3 rings (SSSR count). The Hall–Kier alpha value is -3.26. The molecule has 3 aromatic rings. The van der Waals surface area contributed by atoms with Crippen LogP contribution in [0.25, 0.3) is 0 Å². The van der Waals surface area contributed by atoms with E-state index in [1.165, 1.54) is 30.1 Å². The van der Waals surface area contributed by atoms with Crippen LogP contribution in [0.15, 0.2) is 65.8 Å². The van der Waals surface area contributed by atoms with Gasteiger partial charge < -0.3 is 5.32 Å². The highest BCUT2D eigenvalue weighted by Gasteiger charge is 2.16. The van der Waals surface area contributed by atoms with Crippen molar-refractivity contribution >= 4 is 27.6 Å². The molecule has 0 aliphatic heterocycles. The molecule has 0 saturated heterocycles. The summed E-state index contributed by atoms with van der Waals surface area (Å²) in [4.78, 5) is 20.4. The lowest BCUT2D eigenvalue weighted by Crippen LogP contribution is -2.17. The molecule has 150 valence electrons. The molecule has 1 amide bonds. The molecular weight excluding hydrogens is 388 g/mol. The Morgan fingerprint density at radius 2 is 1.52 bits per heavy atom. The average Bonchev–Trinajstić information content (AvgIpc) is 2.69. The minimum atomic E-state index is -3.80. The summed E-state index contributed by atoms with van der Waals surface area (Å²) in [7, 11) is -3.80. The van der Waals surface area contributed by atoms with Crippen LogP contribution in [0.3, 0.4) is 0 Å². The zero-order valence-electron chi connectivity index (χ0n) is 16.4. The number of hydrogen-bond acceptors (Lipinski definition) is 5. The van der Waals surface area contributed by atoms with Gasteiger partial charge in [-0.1, -0.05) is 43.7 Å². The first-order chi connectivity index (χ1) is 13.7. The Balaban J connectivity index is 1.67. The SMILES string of the molecule is Cc1ccc(S(=O)(=O)Nc2ncc(C(=O)Nc3ccc(C(C)C)cc3)cn2)cc1. The second kappa shape index (κ2) is 8.40. The van der Waals surface area contributed by atoms with Gasteiger partial charge in [-0.15, -0.1) is 0 Å². The average molecular weight is 410 g/mol. The summed E-state index contributed by atoms with van der Waals surface area (Å²) in [6.45, 7) is 6.06. The van der Waals surface area contributed by atoms with Gasteiger partial charge >= 0.3 is 0 Å². The third kappa shape index (κ3) is 5.17. The lowest BCUT2D eigenvalue weighted by atomic mass is 10.0. The lowest BCUT2D eigenvalue weighted by molar-refractivity contribution is 0.102. The summed E-state index contributed by atoms with van der Waals surface area (Å²) in [5, 5.41) is 2.77. The minimum absolute atomic E-state index is 0.108. The molecule has 29 heavy (non-hydrogen) atoms. The molecule has 0 saturated carbocycles. The number of carbonyl (C=O) groups is 1. The van der Waals surface area contributed by atoms with Crippen LogP contribution < -0.4 is 10.0 Å². The van der Waals surface area contributed by atoms with Gasteiger partial charge in [-0.3, -0.25) is 4.79 Å². The van der Waals surface area contributed by atoms with Crippen molar-refractivity contribution in [1.29, 1.82) is 0 Å². The van der Waals surface area contributed by atoms with Gasteiger partial charge in [-0.05, 0) is 42.7 Å². The number of rotatable bonds is 6. The number of benzene rings is 2. The van der Waals surface area contributed by atoms with Gasteiger partial charge in [0, 0.05) is 18.1 Å². The molecule has 1 aromatic heterocycles. The number of nitrogens with one attached hydrogen (secondary N) is 2. The number of aryl methyl sites for hydroxylation is 1. The maximum absolute atomic E-state index is 12.4. The zero-order chi connectivity index (χ0) is 21.0. The Morgan fingerprint density at radius 3 is 2.07 bits per heavy atom. The Labute approximate surface area is 170 Å². The Kier molecular flexibility index (Phi) is 5.93.